The Morgan fingerprint density at radius 3 is 2.43 bits per heavy atom. The van der Waals surface area contributed by atoms with Gasteiger partial charge in [-0.3, -0.25) is 4.79 Å². The van der Waals surface area contributed by atoms with Gasteiger partial charge in [0.25, 0.3) is 0 Å². The third-order valence-corrected chi connectivity index (χ3v) is 3.52. The highest BCUT2D eigenvalue weighted by Crippen LogP contribution is 2.31. The molecule has 0 aromatic heterocycles. The number of benzene rings is 2. The summed E-state index contributed by atoms with van der Waals surface area (Å²) in [4.78, 5) is 12.0. The predicted octanol–water partition coefficient (Wildman–Crippen LogP) is 4.47. The van der Waals surface area contributed by atoms with Crippen molar-refractivity contribution in [2.75, 3.05) is 17.2 Å². The van der Waals surface area contributed by atoms with Crippen LogP contribution in [0, 0.1) is 11.3 Å². The zero-order valence-corrected chi connectivity index (χ0v) is 14.6. The van der Waals surface area contributed by atoms with Gasteiger partial charge in [-0.25, -0.2) is 0 Å². The normalized spacial score (nSPS) is 10.5. The Hall–Kier alpha value is -3.19. The van der Waals surface area contributed by atoms with Gasteiger partial charge in [0.15, 0.2) is 5.75 Å². The van der Waals surface area contributed by atoms with E-state index in [9.17, 15) is 22.4 Å². The second kappa shape index (κ2) is 9.66. The lowest BCUT2D eigenvalue weighted by molar-refractivity contribution is -0.114. The lowest BCUT2D eigenvalue weighted by Crippen LogP contribution is -2.22. The van der Waals surface area contributed by atoms with Gasteiger partial charge in [0.2, 0.25) is 5.91 Å². The van der Waals surface area contributed by atoms with Gasteiger partial charge in [0.1, 0.15) is 11.8 Å². The molecule has 0 aliphatic rings. The van der Waals surface area contributed by atoms with Gasteiger partial charge in [-0.2, -0.15) is 22.8 Å². The fourth-order valence-electron chi connectivity index (χ4n) is 2.08. The van der Waals surface area contributed by atoms with Crippen molar-refractivity contribution in [1.29, 1.82) is 5.26 Å². The van der Waals surface area contributed by atoms with Gasteiger partial charge in [0.05, 0.1) is 22.8 Å². The molecule has 148 valence electrons. The molecule has 0 aliphatic carbocycles. The number of nitriles is 1. The zero-order chi connectivity index (χ0) is 20.7. The lowest BCUT2D eigenvalue weighted by atomic mass is 10.2. The van der Waals surface area contributed by atoms with Crippen LogP contribution >= 0.6 is 11.6 Å². The minimum atomic E-state index is -3.21. The van der Waals surface area contributed by atoms with Crippen LogP contribution in [0.15, 0.2) is 36.4 Å². The highest BCUT2D eigenvalue weighted by molar-refractivity contribution is 6.32. The molecule has 0 unspecified atom stereocenters. The van der Waals surface area contributed by atoms with Crippen molar-refractivity contribution in [3.8, 4) is 17.6 Å². The molecule has 11 heteroatoms. The first-order valence-electron chi connectivity index (χ1n) is 7.55. The summed E-state index contributed by atoms with van der Waals surface area (Å²) < 4.78 is 57.9. The Labute approximate surface area is 161 Å². The first-order chi connectivity index (χ1) is 13.3. The van der Waals surface area contributed by atoms with Crippen LogP contribution in [-0.2, 0) is 4.79 Å². The van der Waals surface area contributed by atoms with Crippen LogP contribution in [0.2, 0.25) is 5.02 Å². The number of alkyl halides is 4. The number of nitrogens with one attached hydrogen (secondary N) is 2. The maximum Gasteiger partial charge on any atom is 0.387 e. The van der Waals surface area contributed by atoms with E-state index in [-0.39, 0.29) is 28.6 Å². The number of hydrogen-bond donors (Lipinski definition) is 2. The summed E-state index contributed by atoms with van der Waals surface area (Å²) in [6.45, 7) is -6.70. The summed E-state index contributed by atoms with van der Waals surface area (Å²) in [5.74, 6) is -1.41. The summed E-state index contributed by atoms with van der Waals surface area (Å²) in [7, 11) is 0. The van der Waals surface area contributed by atoms with E-state index in [0.29, 0.717) is 5.69 Å². The Bertz CT molecular complexity index is 890. The van der Waals surface area contributed by atoms with Crippen molar-refractivity contribution >= 4 is 28.9 Å². The number of nitrogens with zero attached hydrogens (tertiary/aromatic N) is 1. The first-order valence-corrected chi connectivity index (χ1v) is 7.93. The molecule has 0 saturated carbocycles. The van der Waals surface area contributed by atoms with E-state index in [2.05, 4.69) is 20.1 Å². The number of rotatable bonds is 8. The Morgan fingerprint density at radius 2 is 1.82 bits per heavy atom. The van der Waals surface area contributed by atoms with Gasteiger partial charge < -0.3 is 20.1 Å². The van der Waals surface area contributed by atoms with Crippen molar-refractivity contribution in [1.82, 2.24) is 0 Å². The van der Waals surface area contributed by atoms with Crippen LogP contribution in [0.4, 0.5) is 28.9 Å². The number of carbonyl (C=O) groups is 1. The molecule has 0 radical (unpaired) electrons. The van der Waals surface area contributed by atoms with Gasteiger partial charge in [0, 0.05) is 11.8 Å². The average molecular weight is 418 g/mol. The number of ether oxygens (including phenoxy) is 2. The summed E-state index contributed by atoms with van der Waals surface area (Å²) in [6.07, 6.45) is 0. The number of carbonyl (C=O) groups excluding carboxylic acids is 1. The molecular weight excluding hydrogens is 406 g/mol. The maximum absolute atomic E-state index is 12.5. The van der Waals surface area contributed by atoms with E-state index in [0.717, 1.165) is 18.2 Å². The van der Waals surface area contributed by atoms with Crippen LogP contribution in [-0.4, -0.2) is 25.7 Å². The largest absolute Gasteiger partial charge is 0.435 e. The monoisotopic (exact) mass is 417 g/mol. The van der Waals surface area contributed by atoms with Gasteiger partial charge in [-0.15, -0.1) is 0 Å². The van der Waals surface area contributed by atoms with E-state index in [1.807, 2.05) is 6.07 Å². The Kier molecular flexibility index (Phi) is 7.28. The summed E-state index contributed by atoms with van der Waals surface area (Å²) in [5, 5.41) is 14.0. The second-order valence-electron chi connectivity index (χ2n) is 5.12. The standard InChI is InChI=1S/C17H12ClF4N3O3/c18-12-5-10(2-1-9(12)7-23)25-15(26)8-24-13-4-3-11(27-16(19)20)6-14(13)28-17(21)22/h1-6,16-17,24H,8H2,(H,25,26). The minimum Gasteiger partial charge on any atom is -0.435 e. The number of hydrogen-bond acceptors (Lipinski definition) is 5. The number of amides is 1. The summed E-state index contributed by atoms with van der Waals surface area (Å²) in [5.41, 5.74) is 0.521. The van der Waals surface area contributed by atoms with Crippen molar-refractivity contribution in [2.24, 2.45) is 0 Å². The molecule has 6 nitrogen and oxygen atoms in total. The highest BCUT2D eigenvalue weighted by Gasteiger charge is 2.14. The molecule has 0 aliphatic heterocycles. The Balaban J connectivity index is 2.04. The molecule has 28 heavy (non-hydrogen) atoms. The molecule has 2 rings (SSSR count). The molecular formula is C17H12ClF4N3O3. The molecule has 2 aromatic rings. The molecule has 0 fully saturated rings. The van der Waals surface area contributed by atoms with E-state index in [1.54, 1.807) is 0 Å². The van der Waals surface area contributed by atoms with Crippen molar-refractivity contribution in [3.05, 3.63) is 47.0 Å². The second-order valence-corrected chi connectivity index (χ2v) is 5.53. The number of anilines is 2. The molecule has 2 aromatic carbocycles. The van der Waals surface area contributed by atoms with Gasteiger partial charge in [-0.05, 0) is 30.3 Å². The summed E-state index contributed by atoms with van der Waals surface area (Å²) >= 11 is 5.86. The van der Waals surface area contributed by atoms with Gasteiger partial charge in [-0.1, -0.05) is 11.6 Å². The quantitative estimate of drug-likeness (QED) is 0.619. The number of halogens is 5. The van der Waals surface area contributed by atoms with Crippen LogP contribution < -0.4 is 20.1 Å². The molecule has 2 N–H and O–H groups in total. The molecule has 1 amide bonds. The maximum atomic E-state index is 12.5. The Morgan fingerprint density at radius 1 is 1.11 bits per heavy atom. The fraction of sp³-hybridized carbons (Fsp3) is 0.176. The fourth-order valence-corrected chi connectivity index (χ4v) is 2.31. The summed E-state index contributed by atoms with van der Waals surface area (Å²) in [6, 6.07) is 9.23. The van der Waals surface area contributed by atoms with Crippen molar-refractivity contribution in [2.45, 2.75) is 13.2 Å². The lowest BCUT2D eigenvalue weighted by Gasteiger charge is -2.14. The third kappa shape index (κ3) is 6.21. The smallest absolute Gasteiger partial charge is 0.387 e. The third-order valence-electron chi connectivity index (χ3n) is 3.21. The molecule has 0 atom stereocenters. The zero-order valence-electron chi connectivity index (χ0n) is 13.9. The first kappa shape index (κ1) is 21.1. The van der Waals surface area contributed by atoms with Crippen LogP contribution in [0.1, 0.15) is 5.56 Å². The minimum absolute atomic E-state index is 0.0325. The molecule has 0 bridgehead atoms. The van der Waals surface area contributed by atoms with Crippen LogP contribution in [0.5, 0.6) is 11.5 Å². The van der Waals surface area contributed by atoms with Crippen LogP contribution in [0.25, 0.3) is 0 Å². The molecule has 0 spiro atoms. The topological polar surface area (TPSA) is 83.4 Å². The average Bonchev–Trinajstić information content (AvgIpc) is 2.60. The van der Waals surface area contributed by atoms with E-state index < -0.39 is 24.9 Å². The van der Waals surface area contributed by atoms with Crippen molar-refractivity contribution < 1.29 is 31.8 Å². The van der Waals surface area contributed by atoms with E-state index >= 15 is 0 Å². The van der Waals surface area contributed by atoms with E-state index in [4.69, 9.17) is 16.9 Å². The molecule has 0 heterocycles. The van der Waals surface area contributed by atoms with Gasteiger partial charge >= 0.3 is 13.2 Å². The molecule has 0 saturated heterocycles. The predicted molar refractivity (Wildman–Crippen MR) is 93.0 cm³/mol. The van der Waals surface area contributed by atoms with Crippen molar-refractivity contribution in [3.63, 3.8) is 0 Å². The van der Waals surface area contributed by atoms with E-state index in [1.165, 1.54) is 18.2 Å². The highest BCUT2D eigenvalue weighted by atomic mass is 35.5. The van der Waals surface area contributed by atoms with Crippen LogP contribution in [0.3, 0.4) is 0 Å². The SMILES string of the molecule is N#Cc1ccc(NC(=O)CNc2ccc(OC(F)F)cc2OC(F)F)cc1Cl.